The fourth-order valence-corrected chi connectivity index (χ4v) is 1.59. The van der Waals surface area contributed by atoms with Gasteiger partial charge in [-0.2, -0.15) is 0 Å². The average molecular weight is 206 g/mol. The van der Waals surface area contributed by atoms with E-state index in [1.54, 1.807) is 24.3 Å². The van der Waals surface area contributed by atoms with Crippen LogP contribution in [0, 0.1) is 0 Å². The second kappa shape index (κ2) is 3.38. The number of carboxylic acid groups (broad SMARTS) is 1. The number of nitrogens with two attached hydrogens (primary N) is 1. The molecule has 0 saturated heterocycles. The molecular formula is C10H10N2O3. The summed E-state index contributed by atoms with van der Waals surface area (Å²) >= 11 is 0. The lowest BCUT2D eigenvalue weighted by molar-refractivity contribution is 0.0697. The SMILES string of the molecule is NC(O)n1cc(C(=O)O)c2ccccc21. The van der Waals surface area contributed by atoms with Crippen molar-refractivity contribution in [2.24, 2.45) is 5.73 Å². The minimum Gasteiger partial charge on any atom is -0.478 e. The first-order chi connectivity index (χ1) is 7.11. The van der Waals surface area contributed by atoms with Crippen LogP contribution in [0.25, 0.3) is 10.9 Å². The van der Waals surface area contributed by atoms with E-state index in [1.807, 2.05) is 0 Å². The highest BCUT2D eigenvalue weighted by molar-refractivity contribution is 6.03. The van der Waals surface area contributed by atoms with Gasteiger partial charge in [-0.1, -0.05) is 18.2 Å². The number of aromatic carboxylic acids is 1. The monoisotopic (exact) mass is 206 g/mol. The van der Waals surface area contributed by atoms with Crippen molar-refractivity contribution in [2.45, 2.75) is 6.35 Å². The lowest BCUT2D eigenvalue weighted by Crippen LogP contribution is -2.16. The Balaban J connectivity index is 2.79. The van der Waals surface area contributed by atoms with Gasteiger partial charge < -0.3 is 14.8 Å². The predicted octanol–water partition coefficient (Wildman–Crippen LogP) is 0.747. The lowest BCUT2D eigenvalue weighted by Gasteiger charge is -2.06. The zero-order chi connectivity index (χ0) is 11.0. The van der Waals surface area contributed by atoms with E-state index in [9.17, 15) is 9.90 Å². The first-order valence-electron chi connectivity index (χ1n) is 4.38. The molecule has 4 N–H and O–H groups in total. The van der Waals surface area contributed by atoms with Crippen molar-refractivity contribution >= 4 is 16.9 Å². The summed E-state index contributed by atoms with van der Waals surface area (Å²) in [5.41, 5.74) is 6.05. The lowest BCUT2D eigenvalue weighted by atomic mass is 10.2. The maximum atomic E-state index is 10.9. The van der Waals surface area contributed by atoms with Crippen LogP contribution in [0.3, 0.4) is 0 Å². The zero-order valence-electron chi connectivity index (χ0n) is 7.79. The molecule has 0 spiro atoms. The number of aliphatic hydroxyl groups is 1. The van der Waals surface area contributed by atoms with Crippen molar-refractivity contribution in [1.29, 1.82) is 0 Å². The molecule has 0 saturated carbocycles. The number of carboxylic acids is 1. The van der Waals surface area contributed by atoms with Crippen LogP contribution in [0.1, 0.15) is 16.7 Å². The van der Waals surface area contributed by atoms with Gasteiger partial charge in [0.1, 0.15) is 0 Å². The summed E-state index contributed by atoms with van der Waals surface area (Å²) in [5, 5.41) is 18.8. The van der Waals surface area contributed by atoms with Crippen molar-refractivity contribution in [1.82, 2.24) is 4.57 Å². The maximum absolute atomic E-state index is 10.9. The van der Waals surface area contributed by atoms with E-state index >= 15 is 0 Å². The highest BCUT2D eigenvalue weighted by Gasteiger charge is 2.15. The Hall–Kier alpha value is -1.85. The topological polar surface area (TPSA) is 88.5 Å². The number of fused-ring (bicyclic) bond motifs is 1. The molecule has 1 unspecified atom stereocenters. The molecule has 78 valence electrons. The molecule has 1 aromatic heterocycles. The third kappa shape index (κ3) is 1.47. The minimum absolute atomic E-state index is 0.134. The number of rotatable bonds is 2. The smallest absolute Gasteiger partial charge is 0.337 e. The second-order valence-electron chi connectivity index (χ2n) is 3.19. The van der Waals surface area contributed by atoms with Gasteiger partial charge in [-0.3, -0.25) is 5.73 Å². The van der Waals surface area contributed by atoms with Crippen LogP contribution in [0.5, 0.6) is 0 Å². The molecule has 0 aliphatic rings. The van der Waals surface area contributed by atoms with Crippen LogP contribution < -0.4 is 5.73 Å². The van der Waals surface area contributed by atoms with Gasteiger partial charge in [-0.15, -0.1) is 0 Å². The molecule has 0 amide bonds. The van der Waals surface area contributed by atoms with Gasteiger partial charge >= 0.3 is 5.97 Å². The summed E-state index contributed by atoms with van der Waals surface area (Å²) < 4.78 is 1.32. The predicted molar refractivity (Wildman–Crippen MR) is 54.3 cm³/mol. The molecule has 1 aromatic carbocycles. The molecule has 0 fully saturated rings. The normalized spacial score (nSPS) is 12.9. The quantitative estimate of drug-likeness (QED) is 0.632. The molecule has 0 aliphatic heterocycles. The van der Waals surface area contributed by atoms with Crippen molar-refractivity contribution in [3.8, 4) is 0 Å². The van der Waals surface area contributed by atoms with Gasteiger partial charge in [0.25, 0.3) is 0 Å². The number of benzene rings is 1. The van der Waals surface area contributed by atoms with E-state index in [2.05, 4.69) is 0 Å². The number of hydrogen-bond donors (Lipinski definition) is 3. The van der Waals surface area contributed by atoms with E-state index in [0.717, 1.165) is 0 Å². The summed E-state index contributed by atoms with van der Waals surface area (Å²) in [7, 11) is 0. The zero-order valence-corrected chi connectivity index (χ0v) is 7.79. The summed E-state index contributed by atoms with van der Waals surface area (Å²) in [6.07, 6.45) is 0.0977. The standard InChI is InChI=1S/C10H10N2O3/c11-10(15)12-5-7(9(13)14)6-3-1-2-4-8(6)12/h1-5,10,15H,11H2,(H,13,14). The Morgan fingerprint density at radius 1 is 1.40 bits per heavy atom. The molecule has 0 radical (unpaired) electrons. The minimum atomic E-state index is -1.23. The van der Waals surface area contributed by atoms with E-state index in [4.69, 9.17) is 10.8 Å². The van der Waals surface area contributed by atoms with Gasteiger partial charge in [0.15, 0.2) is 6.35 Å². The van der Waals surface area contributed by atoms with E-state index in [0.29, 0.717) is 10.9 Å². The fourth-order valence-electron chi connectivity index (χ4n) is 1.59. The van der Waals surface area contributed by atoms with Crippen molar-refractivity contribution < 1.29 is 15.0 Å². The van der Waals surface area contributed by atoms with Crippen LogP contribution in [0.2, 0.25) is 0 Å². The first kappa shape index (κ1) is 9.70. The Labute approximate surface area is 85.4 Å². The van der Waals surface area contributed by atoms with E-state index in [1.165, 1.54) is 10.8 Å². The van der Waals surface area contributed by atoms with Crippen molar-refractivity contribution in [3.05, 3.63) is 36.0 Å². The molecule has 15 heavy (non-hydrogen) atoms. The Bertz CT molecular complexity index is 516. The number of aliphatic hydroxyl groups excluding tert-OH is 1. The Morgan fingerprint density at radius 3 is 2.67 bits per heavy atom. The third-order valence-electron chi connectivity index (χ3n) is 2.26. The average Bonchev–Trinajstić information content (AvgIpc) is 2.56. The molecule has 2 rings (SSSR count). The van der Waals surface area contributed by atoms with E-state index < -0.39 is 12.3 Å². The second-order valence-corrected chi connectivity index (χ2v) is 3.19. The van der Waals surface area contributed by atoms with Crippen molar-refractivity contribution in [3.63, 3.8) is 0 Å². The first-order valence-corrected chi connectivity index (χ1v) is 4.38. The van der Waals surface area contributed by atoms with Gasteiger partial charge in [0.05, 0.1) is 11.1 Å². The Morgan fingerprint density at radius 2 is 2.07 bits per heavy atom. The van der Waals surface area contributed by atoms with Crippen LogP contribution in [-0.4, -0.2) is 20.7 Å². The van der Waals surface area contributed by atoms with Gasteiger partial charge in [0.2, 0.25) is 0 Å². The highest BCUT2D eigenvalue weighted by atomic mass is 16.4. The highest BCUT2D eigenvalue weighted by Crippen LogP contribution is 2.22. The molecule has 5 heteroatoms. The largest absolute Gasteiger partial charge is 0.478 e. The van der Waals surface area contributed by atoms with Gasteiger partial charge in [0, 0.05) is 11.6 Å². The number of para-hydroxylation sites is 1. The molecule has 1 atom stereocenters. The number of carbonyl (C=O) groups is 1. The summed E-state index contributed by atoms with van der Waals surface area (Å²) in [5.74, 6) is -1.04. The molecule has 5 nitrogen and oxygen atoms in total. The van der Waals surface area contributed by atoms with Gasteiger partial charge in [-0.05, 0) is 6.07 Å². The van der Waals surface area contributed by atoms with Crippen molar-refractivity contribution in [2.75, 3.05) is 0 Å². The van der Waals surface area contributed by atoms with Crippen LogP contribution in [0.4, 0.5) is 0 Å². The molecular weight excluding hydrogens is 196 g/mol. The molecule has 1 heterocycles. The molecule has 0 aliphatic carbocycles. The summed E-state index contributed by atoms with van der Waals surface area (Å²) in [6, 6.07) is 6.88. The summed E-state index contributed by atoms with van der Waals surface area (Å²) in [6.45, 7) is 0. The summed E-state index contributed by atoms with van der Waals surface area (Å²) in [4.78, 5) is 10.9. The maximum Gasteiger partial charge on any atom is 0.337 e. The van der Waals surface area contributed by atoms with Gasteiger partial charge in [-0.25, -0.2) is 4.79 Å². The van der Waals surface area contributed by atoms with Crippen LogP contribution in [0.15, 0.2) is 30.5 Å². The number of nitrogens with zero attached hydrogens (tertiary/aromatic N) is 1. The molecule has 2 aromatic rings. The van der Waals surface area contributed by atoms with Crippen LogP contribution >= 0.6 is 0 Å². The number of aromatic nitrogens is 1. The molecule has 0 bridgehead atoms. The van der Waals surface area contributed by atoms with Crippen LogP contribution in [-0.2, 0) is 0 Å². The van der Waals surface area contributed by atoms with E-state index in [-0.39, 0.29) is 5.56 Å². The third-order valence-corrected chi connectivity index (χ3v) is 2.26. The fraction of sp³-hybridized carbons (Fsp3) is 0.100. The number of hydrogen-bond acceptors (Lipinski definition) is 3. The Kier molecular flexibility index (Phi) is 2.18.